The van der Waals surface area contributed by atoms with Gasteiger partial charge in [0.1, 0.15) is 5.75 Å². The highest BCUT2D eigenvalue weighted by Crippen LogP contribution is 2.30. The molecule has 154 valence electrons. The molecule has 0 aromatic heterocycles. The molecule has 0 atom stereocenters. The fourth-order valence-corrected chi connectivity index (χ4v) is 4.37. The summed E-state index contributed by atoms with van der Waals surface area (Å²) < 4.78 is 5.75. The minimum Gasteiger partial charge on any atom is -0.494 e. The quantitative estimate of drug-likeness (QED) is 0.659. The summed E-state index contributed by atoms with van der Waals surface area (Å²) in [6.45, 7) is 3.60. The number of amides is 2. The van der Waals surface area contributed by atoms with Crippen LogP contribution in [0, 0.1) is 5.92 Å². The van der Waals surface area contributed by atoms with Crippen LogP contribution in [0.15, 0.2) is 47.4 Å². The van der Waals surface area contributed by atoms with E-state index in [1.54, 1.807) is 16.7 Å². The molecule has 0 bridgehead atoms. The molecule has 2 aromatic carbocycles. The smallest absolute Gasteiger partial charge is 0.253 e. The van der Waals surface area contributed by atoms with E-state index in [4.69, 9.17) is 22.1 Å². The molecule has 1 aliphatic rings. The number of likely N-dealkylation sites (tertiary alicyclic amines) is 1. The van der Waals surface area contributed by atoms with Crippen LogP contribution in [-0.2, 0) is 10.5 Å². The van der Waals surface area contributed by atoms with Gasteiger partial charge in [-0.1, -0.05) is 11.6 Å². The highest BCUT2D eigenvalue weighted by Gasteiger charge is 2.26. The van der Waals surface area contributed by atoms with Crippen LogP contribution in [0.5, 0.6) is 5.75 Å². The van der Waals surface area contributed by atoms with Gasteiger partial charge in [0.15, 0.2) is 0 Å². The van der Waals surface area contributed by atoms with Gasteiger partial charge in [-0.3, -0.25) is 9.59 Å². The standard InChI is InChI=1S/C22H25ClN2O3S/c1-2-28-20-8-3-16(22(27)25-11-9-15(10-12-25)21(24)26)13-17(20)14-29-19-6-4-18(23)5-7-19/h3-8,13,15H,2,9-12,14H2,1H3,(H2,24,26). The van der Waals surface area contributed by atoms with E-state index in [-0.39, 0.29) is 17.7 Å². The zero-order valence-corrected chi connectivity index (χ0v) is 18.0. The molecule has 0 aliphatic carbocycles. The second-order valence-corrected chi connectivity index (χ2v) is 8.45. The first kappa shape index (κ1) is 21.5. The molecule has 3 rings (SSSR count). The van der Waals surface area contributed by atoms with E-state index in [0.717, 1.165) is 16.2 Å². The predicted octanol–water partition coefficient (Wildman–Crippen LogP) is 4.37. The Kier molecular flexibility index (Phi) is 7.45. The van der Waals surface area contributed by atoms with Gasteiger partial charge in [0.25, 0.3) is 5.91 Å². The Bertz CT molecular complexity index is 865. The maximum Gasteiger partial charge on any atom is 0.253 e. The summed E-state index contributed by atoms with van der Waals surface area (Å²) in [5, 5.41) is 0.706. The Morgan fingerprint density at radius 3 is 2.48 bits per heavy atom. The highest BCUT2D eigenvalue weighted by atomic mass is 35.5. The number of hydrogen-bond acceptors (Lipinski definition) is 4. The third-order valence-electron chi connectivity index (χ3n) is 5.00. The Labute approximate surface area is 180 Å². The third kappa shape index (κ3) is 5.67. The number of nitrogens with zero attached hydrogens (tertiary/aromatic N) is 1. The molecule has 1 aliphatic heterocycles. The van der Waals surface area contributed by atoms with E-state index >= 15 is 0 Å². The molecule has 7 heteroatoms. The first-order chi connectivity index (χ1) is 14.0. The molecule has 0 saturated carbocycles. The zero-order valence-electron chi connectivity index (χ0n) is 16.4. The number of rotatable bonds is 7. The number of nitrogens with two attached hydrogens (primary N) is 1. The van der Waals surface area contributed by atoms with Gasteiger partial charge in [0, 0.05) is 45.8 Å². The Hall–Kier alpha value is -2.18. The fraction of sp³-hybridized carbons (Fsp3) is 0.364. The zero-order chi connectivity index (χ0) is 20.8. The predicted molar refractivity (Wildman–Crippen MR) is 116 cm³/mol. The average Bonchev–Trinajstić information content (AvgIpc) is 2.74. The summed E-state index contributed by atoms with van der Waals surface area (Å²) in [5.41, 5.74) is 7.00. The van der Waals surface area contributed by atoms with Gasteiger partial charge >= 0.3 is 0 Å². The lowest BCUT2D eigenvalue weighted by Gasteiger charge is -2.30. The van der Waals surface area contributed by atoms with E-state index < -0.39 is 0 Å². The molecule has 0 spiro atoms. The lowest BCUT2D eigenvalue weighted by atomic mass is 9.95. The average molecular weight is 433 g/mol. The van der Waals surface area contributed by atoms with Gasteiger partial charge in [-0.25, -0.2) is 0 Å². The van der Waals surface area contributed by atoms with Gasteiger partial charge in [-0.2, -0.15) is 0 Å². The van der Waals surface area contributed by atoms with Crippen LogP contribution in [0.2, 0.25) is 5.02 Å². The fourth-order valence-electron chi connectivity index (χ4n) is 3.36. The third-order valence-corrected chi connectivity index (χ3v) is 6.31. The molecule has 1 saturated heterocycles. The van der Waals surface area contributed by atoms with Gasteiger partial charge in [-0.15, -0.1) is 11.8 Å². The maximum absolute atomic E-state index is 13.0. The molecule has 1 heterocycles. The summed E-state index contributed by atoms with van der Waals surface area (Å²) in [6.07, 6.45) is 1.24. The second-order valence-electron chi connectivity index (χ2n) is 6.97. The topological polar surface area (TPSA) is 72.6 Å². The van der Waals surface area contributed by atoms with Crippen LogP contribution in [0.4, 0.5) is 0 Å². The molecule has 2 N–H and O–H groups in total. The summed E-state index contributed by atoms with van der Waals surface area (Å²) >= 11 is 7.62. The number of thioether (sulfide) groups is 1. The van der Waals surface area contributed by atoms with Gasteiger partial charge in [-0.05, 0) is 62.2 Å². The minimum absolute atomic E-state index is 0.0197. The monoisotopic (exact) mass is 432 g/mol. The Morgan fingerprint density at radius 1 is 1.17 bits per heavy atom. The number of benzene rings is 2. The van der Waals surface area contributed by atoms with Crippen molar-refractivity contribution in [1.82, 2.24) is 4.90 Å². The Morgan fingerprint density at radius 2 is 1.86 bits per heavy atom. The molecule has 2 aromatic rings. The van der Waals surface area contributed by atoms with E-state index in [1.807, 2.05) is 49.4 Å². The number of piperidine rings is 1. The summed E-state index contributed by atoms with van der Waals surface area (Å²) in [4.78, 5) is 27.2. The van der Waals surface area contributed by atoms with E-state index in [1.165, 1.54) is 0 Å². The number of hydrogen-bond donors (Lipinski definition) is 1. The summed E-state index contributed by atoms with van der Waals surface area (Å²) in [5.74, 6) is 1.04. The van der Waals surface area contributed by atoms with Crippen LogP contribution in [0.3, 0.4) is 0 Å². The van der Waals surface area contributed by atoms with Crippen molar-refractivity contribution in [2.24, 2.45) is 11.7 Å². The van der Waals surface area contributed by atoms with Crippen LogP contribution in [0.1, 0.15) is 35.7 Å². The normalized spacial score (nSPS) is 14.6. The number of carbonyl (C=O) groups is 2. The van der Waals surface area contributed by atoms with Crippen molar-refractivity contribution in [1.29, 1.82) is 0 Å². The lowest BCUT2D eigenvalue weighted by molar-refractivity contribution is -0.123. The van der Waals surface area contributed by atoms with Crippen LogP contribution in [-0.4, -0.2) is 36.4 Å². The highest BCUT2D eigenvalue weighted by molar-refractivity contribution is 7.98. The molecule has 1 fully saturated rings. The maximum atomic E-state index is 13.0. The van der Waals surface area contributed by atoms with Crippen LogP contribution in [0.25, 0.3) is 0 Å². The van der Waals surface area contributed by atoms with Crippen LogP contribution >= 0.6 is 23.4 Å². The number of halogens is 1. The molecule has 2 amide bonds. The first-order valence-corrected chi connectivity index (χ1v) is 11.1. The first-order valence-electron chi connectivity index (χ1n) is 9.70. The van der Waals surface area contributed by atoms with Crippen molar-refractivity contribution in [3.05, 3.63) is 58.6 Å². The molecule has 0 radical (unpaired) electrons. The van der Waals surface area contributed by atoms with Crippen molar-refractivity contribution in [3.8, 4) is 5.75 Å². The molecular formula is C22H25ClN2O3S. The van der Waals surface area contributed by atoms with Crippen molar-refractivity contribution in [3.63, 3.8) is 0 Å². The van der Waals surface area contributed by atoms with Crippen molar-refractivity contribution in [2.45, 2.75) is 30.4 Å². The number of ether oxygens (including phenoxy) is 1. The number of carbonyl (C=O) groups excluding carboxylic acids is 2. The second kappa shape index (κ2) is 10.0. The summed E-state index contributed by atoms with van der Waals surface area (Å²) in [6, 6.07) is 13.3. The van der Waals surface area contributed by atoms with Gasteiger partial charge in [0.2, 0.25) is 5.91 Å². The van der Waals surface area contributed by atoms with Gasteiger partial charge < -0.3 is 15.4 Å². The van der Waals surface area contributed by atoms with Crippen molar-refractivity contribution < 1.29 is 14.3 Å². The molecular weight excluding hydrogens is 408 g/mol. The molecule has 5 nitrogen and oxygen atoms in total. The summed E-state index contributed by atoms with van der Waals surface area (Å²) in [7, 11) is 0. The molecule has 0 unspecified atom stereocenters. The lowest BCUT2D eigenvalue weighted by Crippen LogP contribution is -2.41. The largest absolute Gasteiger partial charge is 0.494 e. The number of primary amides is 1. The minimum atomic E-state index is -0.278. The van der Waals surface area contributed by atoms with Gasteiger partial charge in [0.05, 0.1) is 6.61 Å². The SMILES string of the molecule is CCOc1ccc(C(=O)N2CCC(C(N)=O)CC2)cc1CSc1ccc(Cl)cc1. The molecule has 29 heavy (non-hydrogen) atoms. The van der Waals surface area contributed by atoms with Crippen LogP contribution < -0.4 is 10.5 Å². The van der Waals surface area contributed by atoms with E-state index in [9.17, 15) is 9.59 Å². The van der Waals surface area contributed by atoms with Crippen molar-refractivity contribution in [2.75, 3.05) is 19.7 Å². The van der Waals surface area contributed by atoms with E-state index in [0.29, 0.717) is 48.9 Å². The Balaban J connectivity index is 1.72. The van der Waals surface area contributed by atoms with Crippen molar-refractivity contribution >= 4 is 35.2 Å². The van der Waals surface area contributed by atoms with E-state index in [2.05, 4.69) is 0 Å².